The van der Waals surface area contributed by atoms with Crippen LogP contribution in [-0.4, -0.2) is 9.97 Å². The average molecular weight is 747 g/mol. The van der Waals surface area contributed by atoms with Gasteiger partial charge in [0.2, 0.25) is 0 Å². The van der Waals surface area contributed by atoms with Gasteiger partial charge in [-0.3, -0.25) is 0 Å². The molecule has 0 aliphatic rings. The fourth-order valence-electron chi connectivity index (χ4n) is 4.87. The van der Waals surface area contributed by atoms with Gasteiger partial charge in [-0.2, -0.15) is 0 Å². The molecule has 1 radical (unpaired) electrons. The Morgan fingerprint density at radius 3 is 2.33 bits per heavy atom. The van der Waals surface area contributed by atoms with E-state index < -0.39 is 25.5 Å². The molecular weight excluding hydrogens is 705 g/mol. The van der Waals surface area contributed by atoms with Crippen molar-refractivity contribution in [2.24, 2.45) is 5.41 Å². The minimum absolute atomic E-state index is 0. The third kappa shape index (κ3) is 6.62. The first kappa shape index (κ1) is 21.6. The van der Waals surface area contributed by atoms with Gasteiger partial charge in [0, 0.05) is 54.2 Å². The molecule has 0 aliphatic carbocycles. The third-order valence-corrected chi connectivity index (χ3v) is 6.74. The number of rotatable bonds is 3. The van der Waals surface area contributed by atoms with Gasteiger partial charge in [-0.05, 0) is 53.4 Å². The maximum absolute atomic E-state index is 8.80. The first-order valence-corrected chi connectivity index (χ1v) is 13.7. The number of benzene rings is 4. The van der Waals surface area contributed by atoms with Crippen LogP contribution in [0.25, 0.3) is 55.2 Å². The Balaban J connectivity index is 0.000000249. The molecule has 0 unspecified atom stereocenters. The number of aryl methyl sites for hydroxylation is 2. The van der Waals surface area contributed by atoms with E-state index in [1.165, 1.54) is 12.4 Å². The van der Waals surface area contributed by atoms with E-state index in [4.69, 9.17) is 15.4 Å². The van der Waals surface area contributed by atoms with Crippen molar-refractivity contribution < 1.29 is 35.5 Å². The molecule has 3 aromatic heterocycles. The van der Waals surface area contributed by atoms with E-state index in [1.807, 2.05) is 54.6 Å². The summed E-state index contributed by atoms with van der Waals surface area (Å²) in [6, 6.07) is 34.3. The summed E-state index contributed by atoms with van der Waals surface area (Å²) in [5.41, 5.74) is 3.38. The third-order valence-electron chi connectivity index (χ3n) is 6.74. The molecule has 3 nitrogen and oxygen atoms in total. The molecule has 217 valence electrons. The summed E-state index contributed by atoms with van der Waals surface area (Å²) in [6.45, 7) is 0.689. The van der Waals surface area contributed by atoms with Gasteiger partial charge >= 0.3 is 0 Å². The van der Waals surface area contributed by atoms with Crippen LogP contribution >= 0.6 is 0 Å². The Morgan fingerprint density at radius 2 is 1.58 bits per heavy atom. The fourth-order valence-corrected chi connectivity index (χ4v) is 4.87. The summed E-state index contributed by atoms with van der Waals surface area (Å²) in [7, 11) is 0. The van der Waals surface area contributed by atoms with Gasteiger partial charge < -0.3 is 14.4 Å². The van der Waals surface area contributed by atoms with Gasteiger partial charge in [-0.25, -0.2) is 0 Å². The van der Waals surface area contributed by atoms with Gasteiger partial charge in [0.25, 0.3) is 0 Å². The van der Waals surface area contributed by atoms with Gasteiger partial charge in [-0.1, -0.05) is 91.9 Å². The van der Waals surface area contributed by atoms with Crippen molar-refractivity contribution in [3.8, 4) is 22.5 Å². The molecule has 0 fully saturated rings. The molecule has 0 bridgehead atoms. The van der Waals surface area contributed by atoms with Gasteiger partial charge in [0.1, 0.15) is 5.58 Å². The van der Waals surface area contributed by atoms with Crippen LogP contribution in [-0.2, 0) is 26.5 Å². The average Bonchev–Trinajstić information content (AvgIpc) is 3.47. The number of hydrogen-bond acceptors (Lipinski definition) is 3. The van der Waals surface area contributed by atoms with E-state index in [9.17, 15) is 0 Å². The minimum atomic E-state index is -2.49. The molecule has 0 saturated heterocycles. The van der Waals surface area contributed by atoms with Crippen LogP contribution in [0.15, 0.2) is 108 Å². The SMILES string of the molecule is [2H]C([2H])([2H])c1ccc(-c2[c-]cccc2)nc1.[2H]C([2H])([2H])c1cnc(-c2[c-]ccc3c2oc2c4ccccc4ccc32)cc1C([2H])([2H])C(C)(C)C.[Ir]. The van der Waals surface area contributed by atoms with E-state index >= 15 is 0 Å². The van der Waals surface area contributed by atoms with Crippen LogP contribution in [0, 0.1) is 31.3 Å². The summed E-state index contributed by atoms with van der Waals surface area (Å²) in [5, 5.41) is 3.93. The van der Waals surface area contributed by atoms with E-state index in [0.29, 0.717) is 16.8 Å². The van der Waals surface area contributed by atoms with E-state index in [2.05, 4.69) is 28.2 Å². The molecule has 0 amide bonds. The van der Waals surface area contributed by atoms with Crippen LogP contribution in [0.2, 0.25) is 0 Å². The van der Waals surface area contributed by atoms with E-state index in [1.54, 1.807) is 51.1 Å². The van der Waals surface area contributed by atoms with Crippen molar-refractivity contribution in [2.75, 3.05) is 0 Å². The largest absolute Gasteiger partial charge is 0.500 e. The summed E-state index contributed by atoms with van der Waals surface area (Å²) in [6.07, 6.45) is 0.752. The number of hydrogen-bond donors (Lipinski definition) is 0. The summed E-state index contributed by atoms with van der Waals surface area (Å²) >= 11 is 0. The van der Waals surface area contributed by atoms with Gasteiger partial charge in [-0.15, -0.1) is 54.1 Å². The number of nitrogens with zero attached hydrogens (tertiary/aromatic N) is 2. The number of fused-ring (bicyclic) bond motifs is 5. The maximum Gasteiger partial charge on any atom is 0.128 e. The van der Waals surface area contributed by atoms with Gasteiger partial charge in [0.15, 0.2) is 0 Å². The van der Waals surface area contributed by atoms with Crippen molar-refractivity contribution in [2.45, 2.75) is 40.8 Å². The number of aromatic nitrogens is 2. The summed E-state index contributed by atoms with van der Waals surface area (Å²) in [5.74, 6) is 0. The topological polar surface area (TPSA) is 38.9 Å². The minimum Gasteiger partial charge on any atom is -0.500 e. The molecule has 0 N–H and O–H groups in total. The maximum atomic E-state index is 8.80. The van der Waals surface area contributed by atoms with Gasteiger partial charge in [0.05, 0.1) is 5.58 Å². The molecule has 4 heteroatoms. The van der Waals surface area contributed by atoms with Crippen molar-refractivity contribution >= 4 is 32.7 Å². The Morgan fingerprint density at radius 1 is 0.767 bits per heavy atom. The standard InChI is InChI=1S/C27H24NO.C12H10N.Ir/c1-17-16-28-24(14-19(17)15-27(2,3)4)23-11-7-10-21-22-13-12-18-8-5-6-9-20(18)25(22)29-26(21)23;1-10-7-8-12(13-9-10)11-5-3-2-4-6-11;/h5-10,12-14,16H,15H2,1-4H3;2-5,7-9H,1H3;/q2*-1;/i1D3,15D2;1D3;. The van der Waals surface area contributed by atoms with Crippen molar-refractivity contribution in [3.05, 3.63) is 132 Å². The molecule has 43 heavy (non-hydrogen) atoms. The molecule has 7 rings (SSSR count). The zero-order valence-electron chi connectivity index (χ0n) is 32.0. The van der Waals surface area contributed by atoms with Crippen LogP contribution in [0.1, 0.15) is 48.4 Å². The summed E-state index contributed by atoms with van der Waals surface area (Å²) in [4.78, 5) is 8.56. The monoisotopic (exact) mass is 747 g/mol. The fraction of sp³-hybridized carbons (Fsp3) is 0.179. The second-order valence-electron chi connectivity index (χ2n) is 11.1. The molecule has 4 aromatic carbocycles. The molecule has 7 aromatic rings. The summed E-state index contributed by atoms with van der Waals surface area (Å²) < 4.78 is 69.5. The Bertz CT molecular complexity index is 2310. The quantitative estimate of drug-likeness (QED) is 0.169. The van der Waals surface area contributed by atoms with Crippen LogP contribution in [0.5, 0.6) is 0 Å². The van der Waals surface area contributed by atoms with Crippen LogP contribution in [0.4, 0.5) is 0 Å². The van der Waals surface area contributed by atoms with E-state index in [0.717, 1.165) is 38.4 Å². The Labute approximate surface area is 278 Å². The van der Waals surface area contributed by atoms with Crippen molar-refractivity contribution in [3.63, 3.8) is 0 Å². The van der Waals surface area contributed by atoms with Crippen molar-refractivity contribution in [1.82, 2.24) is 9.97 Å². The molecule has 0 spiro atoms. The molecule has 3 heterocycles. The normalized spacial score (nSPS) is 15.0. The predicted molar refractivity (Wildman–Crippen MR) is 174 cm³/mol. The molecule has 0 atom stereocenters. The molecule has 0 aliphatic heterocycles. The van der Waals surface area contributed by atoms with Crippen molar-refractivity contribution in [1.29, 1.82) is 0 Å². The number of furan rings is 1. The van der Waals surface area contributed by atoms with Crippen LogP contribution < -0.4 is 0 Å². The van der Waals surface area contributed by atoms with Crippen LogP contribution in [0.3, 0.4) is 0 Å². The zero-order chi connectivity index (χ0) is 36.1. The zero-order valence-corrected chi connectivity index (χ0v) is 26.3. The predicted octanol–water partition coefficient (Wildman–Crippen LogP) is 10.4. The second-order valence-corrected chi connectivity index (χ2v) is 11.1. The number of pyridine rings is 2. The van der Waals surface area contributed by atoms with E-state index in [-0.39, 0.29) is 36.8 Å². The molecule has 0 saturated carbocycles. The first-order valence-electron chi connectivity index (χ1n) is 17.7. The Kier molecular flexibility index (Phi) is 6.33. The Hall–Kier alpha value is -4.11. The molecular formula is C39H34IrN2O-2. The first-order chi connectivity index (χ1) is 23.5. The second kappa shape index (κ2) is 12.6. The smallest absolute Gasteiger partial charge is 0.128 e.